The highest BCUT2D eigenvalue weighted by Gasteiger charge is 2.17. The molecule has 1 atom stereocenters. The van der Waals surface area contributed by atoms with E-state index in [0.29, 0.717) is 13.0 Å². The maximum atomic E-state index is 11.5. The van der Waals surface area contributed by atoms with Crippen LogP contribution in [0.15, 0.2) is 0 Å². The lowest BCUT2D eigenvalue weighted by Crippen LogP contribution is -2.28. The van der Waals surface area contributed by atoms with Gasteiger partial charge < -0.3 is 5.32 Å². The van der Waals surface area contributed by atoms with Gasteiger partial charge in [0.2, 0.25) is 0 Å². The second kappa shape index (κ2) is 6.38. The molecule has 1 N–H and O–H groups in total. The number of hydrogen-bond donors (Lipinski definition) is 1. The normalized spacial score (nSPS) is 14.4. The molecule has 80 valence electrons. The van der Waals surface area contributed by atoms with Crippen molar-refractivity contribution in [3.8, 4) is 0 Å². The van der Waals surface area contributed by atoms with Crippen molar-refractivity contribution in [1.82, 2.24) is 5.32 Å². The number of rotatable bonds is 7. The maximum absolute atomic E-state index is 11.5. The fourth-order valence-corrected chi connectivity index (χ4v) is 2.31. The van der Waals surface area contributed by atoms with Crippen LogP contribution in [0.25, 0.3) is 0 Å². The smallest absolute Gasteiger partial charge is 0.154 e. The minimum absolute atomic E-state index is 0.198. The molecular weight excluding hydrogens is 186 g/mol. The van der Waals surface area contributed by atoms with Crippen molar-refractivity contribution < 1.29 is 8.42 Å². The van der Waals surface area contributed by atoms with E-state index in [2.05, 4.69) is 12.2 Å². The minimum Gasteiger partial charge on any atom is -0.316 e. The topological polar surface area (TPSA) is 46.2 Å². The molecule has 0 spiro atoms. The van der Waals surface area contributed by atoms with Crippen molar-refractivity contribution >= 4 is 9.84 Å². The van der Waals surface area contributed by atoms with E-state index in [4.69, 9.17) is 0 Å². The fraction of sp³-hybridized carbons (Fsp3) is 1.00. The van der Waals surface area contributed by atoms with Crippen molar-refractivity contribution in [3.05, 3.63) is 0 Å². The van der Waals surface area contributed by atoms with Crippen LogP contribution in [0.5, 0.6) is 0 Å². The Hall–Kier alpha value is -0.0900. The largest absolute Gasteiger partial charge is 0.316 e. The monoisotopic (exact) mass is 207 g/mol. The predicted molar refractivity (Wildman–Crippen MR) is 56.7 cm³/mol. The molecular formula is C9H21NO2S. The van der Waals surface area contributed by atoms with Crippen LogP contribution in [0.1, 0.15) is 33.6 Å². The highest BCUT2D eigenvalue weighted by molar-refractivity contribution is 7.92. The van der Waals surface area contributed by atoms with E-state index in [0.717, 1.165) is 13.0 Å². The van der Waals surface area contributed by atoms with Crippen molar-refractivity contribution in [3.63, 3.8) is 0 Å². The lowest BCUT2D eigenvalue weighted by Gasteiger charge is -2.10. The highest BCUT2D eigenvalue weighted by Crippen LogP contribution is 2.04. The number of sulfone groups is 1. The molecule has 0 aromatic carbocycles. The zero-order chi connectivity index (χ0) is 10.3. The summed E-state index contributed by atoms with van der Waals surface area (Å²) in [6.45, 7) is 7.23. The molecule has 3 nitrogen and oxygen atoms in total. The Balaban J connectivity index is 3.77. The first-order valence-electron chi connectivity index (χ1n) is 4.96. The molecule has 0 saturated carbocycles. The van der Waals surface area contributed by atoms with Crippen LogP contribution < -0.4 is 5.32 Å². The van der Waals surface area contributed by atoms with E-state index in [1.54, 1.807) is 6.92 Å². The average Bonchev–Trinajstić information content (AvgIpc) is 2.11. The molecule has 0 aliphatic rings. The van der Waals surface area contributed by atoms with Crippen LogP contribution in [0.2, 0.25) is 0 Å². The van der Waals surface area contributed by atoms with E-state index in [1.807, 2.05) is 6.92 Å². The molecule has 0 aromatic rings. The summed E-state index contributed by atoms with van der Waals surface area (Å²) >= 11 is 0. The van der Waals surface area contributed by atoms with Crippen molar-refractivity contribution in [2.75, 3.05) is 18.8 Å². The molecule has 1 unspecified atom stereocenters. The van der Waals surface area contributed by atoms with Gasteiger partial charge in [0.05, 0.1) is 11.0 Å². The van der Waals surface area contributed by atoms with Crippen LogP contribution in [0.3, 0.4) is 0 Å². The third-order valence-electron chi connectivity index (χ3n) is 2.18. The van der Waals surface area contributed by atoms with E-state index >= 15 is 0 Å². The van der Waals surface area contributed by atoms with Crippen molar-refractivity contribution in [1.29, 1.82) is 0 Å². The summed E-state index contributed by atoms with van der Waals surface area (Å²) in [5.41, 5.74) is 0. The average molecular weight is 207 g/mol. The van der Waals surface area contributed by atoms with E-state index in [9.17, 15) is 8.42 Å². The summed E-state index contributed by atoms with van der Waals surface area (Å²) in [6.07, 6.45) is 1.75. The Morgan fingerprint density at radius 3 is 2.31 bits per heavy atom. The lowest BCUT2D eigenvalue weighted by atomic mass is 10.4. The molecule has 0 aliphatic carbocycles. The second-order valence-electron chi connectivity index (χ2n) is 3.34. The molecule has 0 aromatic heterocycles. The Labute approximate surface area is 81.8 Å². The molecule has 0 fully saturated rings. The first-order chi connectivity index (χ1) is 6.04. The molecule has 4 heteroatoms. The van der Waals surface area contributed by atoms with Crippen LogP contribution in [0, 0.1) is 0 Å². The Morgan fingerprint density at radius 1 is 1.23 bits per heavy atom. The molecule has 0 aliphatic heterocycles. The zero-order valence-electron chi connectivity index (χ0n) is 8.84. The van der Waals surface area contributed by atoms with Gasteiger partial charge in [0.15, 0.2) is 9.84 Å². The van der Waals surface area contributed by atoms with Gasteiger partial charge in [0.25, 0.3) is 0 Å². The molecule has 13 heavy (non-hydrogen) atoms. The summed E-state index contributed by atoms with van der Waals surface area (Å²) in [5.74, 6) is 0.266. The van der Waals surface area contributed by atoms with Gasteiger partial charge in [-0.15, -0.1) is 0 Å². The molecule has 0 rings (SSSR count). The first kappa shape index (κ1) is 12.9. The zero-order valence-corrected chi connectivity index (χ0v) is 9.65. The van der Waals surface area contributed by atoms with Crippen LogP contribution in [-0.4, -0.2) is 32.5 Å². The lowest BCUT2D eigenvalue weighted by molar-refractivity contribution is 0.576. The van der Waals surface area contributed by atoms with Gasteiger partial charge >= 0.3 is 0 Å². The summed E-state index contributed by atoms with van der Waals surface area (Å²) in [4.78, 5) is 0. The number of hydrogen-bond acceptors (Lipinski definition) is 3. The van der Waals surface area contributed by atoms with Gasteiger partial charge in [-0.25, -0.2) is 8.42 Å². The third kappa shape index (κ3) is 5.26. The van der Waals surface area contributed by atoms with Gasteiger partial charge in [-0.1, -0.05) is 13.8 Å². The van der Waals surface area contributed by atoms with Crippen molar-refractivity contribution in [2.45, 2.75) is 38.9 Å². The van der Waals surface area contributed by atoms with E-state index in [-0.39, 0.29) is 11.0 Å². The predicted octanol–water partition coefficient (Wildman–Crippen LogP) is 1.20. The fourth-order valence-electron chi connectivity index (χ4n) is 0.971. The van der Waals surface area contributed by atoms with Gasteiger partial charge in [-0.05, 0) is 26.3 Å². The molecule has 0 amide bonds. The quantitative estimate of drug-likeness (QED) is 0.638. The van der Waals surface area contributed by atoms with Gasteiger partial charge in [-0.3, -0.25) is 0 Å². The minimum atomic E-state index is -2.85. The molecule has 0 bridgehead atoms. The second-order valence-corrected chi connectivity index (χ2v) is 5.87. The first-order valence-corrected chi connectivity index (χ1v) is 6.68. The number of nitrogens with one attached hydrogen (secondary N) is 1. The van der Waals surface area contributed by atoms with Gasteiger partial charge in [0.1, 0.15) is 0 Å². The molecule has 0 saturated heterocycles. The van der Waals surface area contributed by atoms with E-state index < -0.39 is 9.84 Å². The van der Waals surface area contributed by atoms with Gasteiger partial charge in [-0.2, -0.15) is 0 Å². The highest BCUT2D eigenvalue weighted by atomic mass is 32.2. The summed E-state index contributed by atoms with van der Waals surface area (Å²) < 4.78 is 23.0. The van der Waals surface area contributed by atoms with Crippen LogP contribution >= 0.6 is 0 Å². The Bertz CT molecular complexity index is 212. The third-order valence-corrected chi connectivity index (χ3v) is 4.51. The molecule has 0 radical (unpaired) electrons. The van der Waals surface area contributed by atoms with Crippen molar-refractivity contribution in [2.24, 2.45) is 0 Å². The summed E-state index contributed by atoms with van der Waals surface area (Å²) in [7, 11) is -2.85. The molecule has 0 heterocycles. The standard InChI is InChI=1S/C9H21NO2S/c1-4-6-10-7-8-13(11,12)9(3)5-2/h9-10H,4-8H2,1-3H3. The Kier molecular flexibility index (Phi) is 6.33. The summed E-state index contributed by atoms with van der Waals surface area (Å²) in [6, 6.07) is 0. The summed E-state index contributed by atoms with van der Waals surface area (Å²) in [5, 5.41) is 2.89. The van der Waals surface area contributed by atoms with E-state index in [1.165, 1.54) is 0 Å². The van der Waals surface area contributed by atoms with Crippen LogP contribution in [0.4, 0.5) is 0 Å². The van der Waals surface area contributed by atoms with Crippen LogP contribution in [-0.2, 0) is 9.84 Å². The van der Waals surface area contributed by atoms with Gasteiger partial charge in [0, 0.05) is 6.54 Å². The maximum Gasteiger partial charge on any atom is 0.154 e. The SMILES string of the molecule is CCCNCCS(=O)(=O)C(C)CC. The Morgan fingerprint density at radius 2 is 1.85 bits per heavy atom.